The van der Waals surface area contributed by atoms with Gasteiger partial charge in [-0.1, -0.05) is 18.2 Å². The molecule has 1 aliphatic rings. The van der Waals surface area contributed by atoms with Gasteiger partial charge in [0.05, 0.1) is 18.4 Å². The molecule has 0 fully saturated rings. The van der Waals surface area contributed by atoms with Crippen LogP contribution in [0.4, 0.5) is 11.6 Å². The van der Waals surface area contributed by atoms with Crippen LogP contribution in [0.5, 0.6) is 0 Å². The molecule has 0 unspecified atom stereocenters. The maximum atomic E-state index is 12.7. The lowest BCUT2D eigenvalue weighted by Crippen LogP contribution is -2.37. The van der Waals surface area contributed by atoms with Crippen LogP contribution in [0.2, 0.25) is 0 Å². The Bertz CT molecular complexity index is 930. The zero-order chi connectivity index (χ0) is 17.9. The summed E-state index contributed by atoms with van der Waals surface area (Å²) >= 11 is 0. The summed E-state index contributed by atoms with van der Waals surface area (Å²) in [7, 11) is 0. The standard InChI is InChI=1S/C19H18N6O/c1-13-22-16-12-25(19(26)14-5-3-2-4-6-14)10-7-15(16)18(23-13)24-17-11-20-8-9-21-17/h2-6,8-9,11H,7,10,12H2,1H3,(H,21,22,23,24). The third kappa shape index (κ3) is 3.23. The van der Waals surface area contributed by atoms with Crippen molar-refractivity contribution in [3.05, 3.63) is 71.6 Å². The average Bonchev–Trinajstić information content (AvgIpc) is 2.68. The summed E-state index contributed by atoms with van der Waals surface area (Å²) in [6.45, 7) is 2.95. The predicted octanol–water partition coefficient (Wildman–Crippen LogP) is 2.52. The van der Waals surface area contributed by atoms with Crippen LogP contribution in [0.15, 0.2) is 48.9 Å². The first-order chi connectivity index (χ1) is 12.7. The van der Waals surface area contributed by atoms with Crippen molar-refractivity contribution < 1.29 is 4.79 Å². The number of nitrogens with one attached hydrogen (secondary N) is 1. The van der Waals surface area contributed by atoms with Crippen LogP contribution in [0, 0.1) is 6.92 Å². The zero-order valence-electron chi connectivity index (χ0n) is 14.4. The van der Waals surface area contributed by atoms with E-state index in [-0.39, 0.29) is 5.91 Å². The molecule has 3 heterocycles. The van der Waals surface area contributed by atoms with Gasteiger partial charge >= 0.3 is 0 Å². The smallest absolute Gasteiger partial charge is 0.254 e. The molecule has 1 aromatic carbocycles. The molecule has 3 aromatic rings. The first kappa shape index (κ1) is 16.1. The van der Waals surface area contributed by atoms with E-state index in [9.17, 15) is 4.79 Å². The number of anilines is 2. The van der Waals surface area contributed by atoms with Gasteiger partial charge in [0.1, 0.15) is 17.5 Å². The molecule has 1 amide bonds. The molecule has 0 radical (unpaired) electrons. The fourth-order valence-corrected chi connectivity index (χ4v) is 3.08. The van der Waals surface area contributed by atoms with Crippen LogP contribution in [0.3, 0.4) is 0 Å². The molecule has 4 rings (SSSR count). The van der Waals surface area contributed by atoms with Crippen molar-refractivity contribution in [3.63, 3.8) is 0 Å². The molecule has 2 aromatic heterocycles. The summed E-state index contributed by atoms with van der Waals surface area (Å²) in [5, 5.41) is 3.22. The fourth-order valence-electron chi connectivity index (χ4n) is 3.08. The van der Waals surface area contributed by atoms with Crippen LogP contribution in [-0.4, -0.2) is 37.3 Å². The zero-order valence-corrected chi connectivity index (χ0v) is 14.4. The molecule has 0 bridgehead atoms. The number of aryl methyl sites for hydroxylation is 1. The number of rotatable bonds is 3. The highest BCUT2D eigenvalue weighted by atomic mass is 16.2. The first-order valence-electron chi connectivity index (χ1n) is 8.44. The van der Waals surface area contributed by atoms with E-state index in [2.05, 4.69) is 25.3 Å². The van der Waals surface area contributed by atoms with E-state index in [0.717, 1.165) is 17.1 Å². The lowest BCUT2D eigenvalue weighted by molar-refractivity contribution is 0.0731. The molecule has 0 aliphatic carbocycles. The number of hydrogen-bond acceptors (Lipinski definition) is 6. The van der Waals surface area contributed by atoms with E-state index >= 15 is 0 Å². The van der Waals surface area contributed by atoms with E-state index in [0.29, 0.717) is 36.7 Å². The maximum Gasteiger partial charge on any atom is 0.254 e. The highest BCUT2D eigenvalue weighted by Crippen LogP contribution is 2.26. The van der Waals surface area contributed by atoms with Crippen molar-refractivity contribution in [2.45, 2.75) is 19.9 Å². The quantitative estimate of drug-likeness (QED) is 0.784. The third-order valence-electron chi connectivity index (χ3n) is 4.29. The summed E-state index contributed by atoms with van der Waals surface area (Å²) in [6.07, 6.45) is 5.59. The monoisotopic (exact) mass is 346 g/mol. The number of carbonyl (C=O) groups is 1. The second-order valence-electron chi connectivity index (χ2n) is 6.10. The summed E-state index contributed by atoms with van der Waals surface area (Å²) in [4.78, 5) is 31.9. The Hall–Kier alpha value is -3.35. The molecule has 1 N–H and O–H groups in total. The minimum absolute atomic E-state index is 0.0240. The number of benzene rings is 1. The Labute approximate surface area is 151 Å². The number of amides is 1. The molecule has 0 saturated carbocycles. The Morgan fingerprint density at radius 1 is 1.15 bits per heavy atom. The molecule has 0 atom stereocenters. The molecule has 1 aliphatic heterocycles. The Balaban J connectivity index is 1.61. The van der Waals surface area contributed by atoms with E-state index in [1.165, 1.54) is 0 Å². The number of carbonyl (C=O) groups excluding carboxylic acids is 1. The van der Waals surface area contributed by atoms with Gasteiger partial charge in [-0.2, -0.15) is 0 Å². The lowest BCUT2D eigenvalue weighted by atomic mass is 10.0. The first-order valence-corrected chi connectivity index (χ1v) is 8.44. The van der Waals surface area contributed by atoms with Gasteiger partial charge in [0, 0.05) is 30.1 Å². The Morgan fingerprint density at radius 2 is 2.00 bits per heavy atom. The average molecular weight is 346 g/mol. The molecule has 0 spiro atoms. The second-order valence-corrected chi connectivity index (χ2v) is 6.10. The Morgan fingerprint density at radius 3 is 2.77 bits per heavy atom. The van der Waals surface area contributed by atoms with E-state index in [4.69, 9.17) is 0 Å². The van der Waals surface area contributed by atoms with Crippen molar-refractivity contribution >= 4 is 17.5 Å². The van der Waals surface area contributed by atoms with Gasteiger partial charge in [0.25, 0.3) is 5.91 Å². The molecular weight excluding hydrogens is 328 g/mol. The van der Waals surface area contributed by atoms with Crippen LogP contribution >= 0.6 is 0 Å². The second kappa shape index (κ2) is 6.87. The number of aromatic nitrogens is 4. The highest BCUT2D eigenvalue weighted by molar-refractivity contribution is 5.94. The van der Waals surface area contributed by atoms with Gasteiger partial charge in [-0.25, -0.2) is 15.0 Å². The van der Waals surface area contributed by atoms with Gasteiger partial charge in [-0.15, -0.1) is 0 Å². The van der Waals surface area contributed by atoms with Gasteiger partial charge in [-0.3, -0.25) is 9.78 Å². The van der Waals surface area contributed by atoms with Crippen molar-refractivity contribution in [1.29, 1.82) is 0 Å². The molecule has 0 saturated heterocycles. The predicted molar refractivity (Wildman–Crippen MR) is 97.0 cm³/mol. The molecular formula is C19H18N6O. The third-order valence-corrected chi connectivity index (χ3v) is 4.29. The minimum atomic E-state index is 0.0240. The van der Waals surface area contributed by atoms with Gasteiger partial charge in [-0.05, 0) is 25.5 Å². The summed E-state index contributed by atoms with van der Waals surface area (Å²) in [5.74, 6) is 2.05. The number of fused-ring (bicyclic) bond motifs is 1. The van der Waals surface area contributed by atoms with Gasteiger partial charge < -0.3 is 10.2 Å². The summed E-state index contributed by atoms with van der Waals surface area (Å²) in [6, 6.07) is 9.33. The van der Waals surface area contributed by atoms with E-state index in [1.54, 1.807) is 18.6 Å². The van der Waals surface area contributed by atoms with Crippen molar-refractivity contribution in [3.8, 4) is 0 Å². The lowest BCUT2D eigenvalue weighted by Gasteiger charge is -2.29. The summed E-state index contributed by atoms with van der Waals surface area (Å²) in [5.41, 5.74) is 2.59. The van der Waals surface area contributed by atoms with Gasteiger partial charge in [0.2, 0.25) is 0 Å². The summed E-state index contributed by atoms with van der Waals surface area (Å²) < 4.78 is 0. The molecule has 7 heteroatoms. The fraction of sp³-hybridized carbons (Fsp3) is 0.211. The van der Waals surface area contributed by atoms with Crippen LogP contribution in [-0.2, 0) is 13.0 Å². The van der Waals surface area contributed by atoms with Crippen molar-refractivity contribution in [2.75, 3.05) is 11.9 Å². The Kier molecular flexibility index (Phi) is 4.27. The highest BCUT2D eigenvalue weighted by Gasteiger charge is 2.25. The largest absolute Gasteiger partial charge is 0.332 e. The van der Waals surface area contributed by atoms with E-state index in [1.807, 2.05) is 42.2 Å². The van der Waals surface area contributed by atoms with Crippen LogP contribution < -0.4 is 5.32 Å². The van der Waals surface area contributed by atoms with Crippen LogP contribution in [0.1, 0.15) is 27.4 Å². The normalized spacial score (nSPS) is 13.2. The van der Waals surface area contributed by atoms with Crippen molar-refractivity contribution in [2.24, 2.45) is 0 Å². The minimum Gasteiger partial charge on any atom is -0.332 e. The maximum absolute atomic E-state index is 12.7. The SMILES string of the molecule is Cc1nc2c(c(Nc3cnccn3)n1)CCN(C(=O)c1ccccc1)C2. The van der Waals surface area contributed by atoms with Crippen LogP contribution in [0.25, 0.3) is 0 Å². The van der Waals surface area contributed by atoms with E-state index < -0.39 is 0 Å². The topological polar surface area (TPSA) is 83.9 Å². The molecule has 7 nitrogen and oxygen atoms in total. The van der Waals surface area contributed by atoms with Crippen molar-refractivity contribution in [1.82, 2.24) is 24.8 Å². The number of hydrogen-bond donors (Lipinski definition) is 1. The van der Waals surface area contributed by atoms with Gasteiger partial charge in [0.15, 0.2) is 0 Å². The molecule has 130 valence electrons. The molecule has 26 heavy (non-hydrogen) atoms. The number of nitrogens with zero attached hydrogens (tertiary/aromatic N) is 5.